The average Bonchev–Trinajstić information content (AvgIpc) is 3.05. The molecule has 0 saturated carbocycles. The number of aliphatic hydroxyl groups is 4. The van der Waals surface area contributed by atoms with Gasteiger partial charge < -0.3 is 55.3 Å². The second-order valence-electron chi connectivity index (χ2n) is 11.8. The number of aliphatic hydroxyl groups excluding tert-OH is 4. The zero-order valence-electron chi connectivity index (χ0n) is 25.6. The summed E-state index contributed by atoms with van der Waals surface area (Å²) < 4.78 is 16.8. The summed E-state index contributed by atoms with van der Waals surface area (Å²) in [6, 6.07) is 6.66. The lowest BCUT2D eigenvalue weighted by molar-refractivity contribution is -0.312. The lowest BCUT2D eigenvalue weighted by Gasteiger charge is -2.42. The van der Waals surface area contributed by atoms with Crippen molar-refractivity contribution in [2.24, 2.45) is 0 Å². The van der Waals surface area contributed by atoms with Crippen molar-refractivity contribution < 1.29 is 69.1 Å². The van der Waals surface area contributed by atoms with Gasteiger partial charge in [-0.3, -0.25) is 19.2 Å². The Morgan fingerprint density at radius 3 is 2.21 bits per heavy atom. The molecule has 7 atom stereocenters. The molecular formula is C33H31NO14. The summed E-state index contributed by atoms with van der Waals surface area (Å²) in [5.74, 6) is -5.12. The van der Waals surface area contributed by atoms with Gasteiger partial charge in [0.1, 0.15) is 54.3 Å². The van der Waals surface area contributed by atoms with Crippen molar-refractivity contribution in [3.63, 3.8) is 0 Å². The van der Waals surface area contributed by atoms with E-state index in [1.165, 1.54) is 45.2 Å². The maximum Gasteiger partial charge on any atom is 0.322 e. The van der Waals surface area contributed by atoms with E-state index < -0.39 is 95.5 Å². The molecule has 48 heavy (non-hydrogen) atoms. The number of carboxylic acids is 1. The van der Waals surface area contributed by atoms with Gasteiger partial charge in [0.25, 0.3) is 5.91 Å². The number of aryl methyl sites for hydroxylation is 1. The molecule has 1 saturated heterocycles. The van der Waals surface area contributed by atoms with Gasteiger partial charge in [0.05, 0.1) is 24.3 Å². The van der Waals surface area contributed by atoms with E-state index in [0.29, 0.717) is 0 Å². The molecule has 15 heteroatoms. The number of ether oxygens (including phenoxy) is 3. The van der Waals surface area contributed by atoms with E-state index in [2.05, 4.69) is 5.32 Å². The number of carbonyl (C=O) groups excluding carboxylic acids is 3. The minimum Gasteiger partial charge on any atom is -0.506 e. The fourth-order valence-corrected chi connectivity index (χ4v) is 6.51. The molecule has 0 radical (unpaired) electrons. The average molecular weight is 666 g/mol. The Balaban J connectivity index is 1.58. The Morgan fingerprint density at radius 1 is 0.854 bits per heavy atom. The number of carboxylic acid groups (broad SMARTS) is 1. The van der Waals surface area contributed by atoms with Crippen LogP contribution in [0.4, 0.5) is 0 Å². The second-order valence-corrected chi connectivity index (χ2v) is 11.8. The van der Waals surface area contributed by atoms with Crippen molar-refractivity contribution in [2.45, 2.75) is 56.8 Å². The van der Waals surface area contributed by atoms with E-state index in [-0.39, 0.29) is 50.3 Å². The molecule has 6 rings (SSSR count). The topological polar surface area (TPSA) is 250 Å². The van der Waals surface area contributed by atoms with Crippen LogP contribution in [0.25, 0.3) is 11.1 Å². The SMILES string of the molecule is COc1ccc2c(c1)C(=O)c1c(cc3c(c1O)-c1c(cc(C)c(C(=O)NCC(=O)O)c1O)[C@H](OC1O[C@@H](C)C(O)[C@H](O)[C@@H]1O)[C@H]3O)C2=O. The van der Waals surface area contributed by atoms with E-state index in [4.69, 9.17) is 19.3 Å². The van der Waals surface area contributed by atoms with Crippen LogP contribution in [0.3, 0.4) is 0 Å². The fraction of sp³-hybridized carbons (Fsp3) is 0.333. The maximum atomic E-state index is 13.8. The summed E-state index contributed by atoms with van der Waals surface area (Å²) in [4.78, 5) is 51.8. The van der Waals surface area contributed by atoms with Crippen LogP contribution in [-0.2, 0) is 14.3 Å². The highest BCUT2D eigenvalue weighted by Crippen LogP contribution is 2.56. The van der Waals surface area contributed by atoms with Gasteiger partial charge in [0.15, 0.2) is 17.9 Å². The molecule has 3 aliphatic rings. The highest BCUT2D eigenvalue weighted by Gasteiger charge is 2.48. The highest BCUT2D eigenvalue weighted by molar-refractivity contribution is 6.30. The number of benzene rings is 3. The van der Waals surface area contributed by atoms with Gasteiger partial charge in [-0.15, -0.1) is 0 Å². The molecule has 2 aliphatic carbocycles. The highest BCUT2D eigenvalue weighted by atomic mass is 16.7. The number of aromatic hydroxyl groups is 2. The zero-order chi connectivity index (χ0) is 34.9. The fourth-order valence-electron chi connectivity index (χ4n) is 6.51. The first kappa shape index (κ1) is 33.0. The zero-order valence-corrected chi connectivity index (χ0v) is 25.6. The quantitative estimate of drug-likeness (QED) is 0.141. The molecule has 3 aromatic rings. The Morgan fingerprint density at radius 2 is 1.54 bits per heavy atom. The summed E-state index contributed by atoms with van der Waals surface area (Å²) in [5, 5.41) is 77.7. The number of fused-ring (bicyclic) bond motifs is 5. The normalized spacial score (nSPS) is 25.8. The van der Waals surface area contributed by atoms with Gasteiger partial charge in [-0.2, -0.15) is 0 Å². The molecule has 3 aromatic carbocycles. The Hall–Kier alpha value is -4.90. The van der Waals surface area contributed by atoms with Gasteiger partial charge in [-0.25, -0.2) is 0 Å². The third-order valence-corrected chi connectivity index (χ3v) is 8.93. The summed E-state index contributed by atoms with van der Waals surface area (Å²) in [6.45, 7) is 2.02. The van der Waals surface area contributed by atoms with Gasteiger partial charge in [-0.1, -0.05) is 6.07 Å². The second kappa shape index (κ2) is 12.0. The molecule has 8 N–H and O–H groups in total. The number of hydrogen-bond acceptors (Lipinski definition) is 13. The monoisotopic (exact) mass is 665 g/mol. The third-order valence-electron chi connectivity index (χ3n) is 8.93. The van der Waals surface area contributed by atoms with Gasteiger partial charge in [0, 0.05) is 27.8 Å². The minimum absolute atomic E-state index is 0.00210. The standard InChI is InChI=1S/C33H31NO14/c1-10-6-17-21(27(41)19(10)32(45)34-9-18(35)36)20-15(26(40)31(17)48-33-30(44)29(43)23(37)11(2)47-33)8-16-22(28(20)42)25(39)14-7-12(46-3)4-5-13(14)24(16)38/h4-8,11,23,26,29-31,33,37,40-44H,9H2,1-3H3,(H,34,45)(H,35,36)/t11-,23?,26-,29-,30-,31-,33?/m0/s1. The Kier molecular flexibility index (Phi) is 8.23. The molecule has 1 fully saturated rings. The number of hydrogen-bond donors (Lipinski definition) is 8. The minimum atomic E-state index is -1.81. The lowest BCUT2D eigenvalue weighted by atomic mass is 9.74. The molecule has 0 bridgehead atoms. The first-order chi connectivity index (χ1) is 22.7. The molecule has 1 aliphatic heterocycles. The summed E-state index contributed by atoms with van der Waals surface area (Å²) >= 11 is 0. The summed E-state index contributed by atoms with van der Waals surface area (Å²) in [5.41, 5.74) is -1.99. The van der Waals surface area contributed by atoms with Crippen molar-refractivity contribution in [1.29, 1.82) is 0 Å². The molecular weight excluding hydrogens is 634 g/mol. The molecule has 1 amide bonds. The summed E-state index contributed by atoms with van der Waals surface area (Å²) in [7, 11) is 1.37. The number of phenolic OH excluding ortho intramolecular Hbond substituents is 2. The molecule has 0 spiro atoms. The number of carbonyl (C=O) groups is 4. The summed E-state index contributed by atoms with van der Waals surface area (Å²) in [6.07, 6.45) is -11.0. The molecule has 252 valence electrons. The van der Waals surface area contributed by atoms with Crippen LogP contribution < -0.4 is 10.1 Å². The molecule has 1 heterocycles. The van der Waals surface area contributed by atoms with E-state index in [0.717, 1.165) is 6.07 Å². The predicted octanol–water partition coefficient (Wildman–Crippen LogP) is 0.604. The lowest BCUT2D eigenvalue weighted by Crippen LogP contribution is -2.57. The van der Waals surface area contributed by atoms with Crippen LogP contribution in [0.1, 0.15) is 78.0 Å². The number of phenols is 2. The van der Waals surface area contributed by atoms with E-state index in [9.17, 15) is 49.8 Å². The molecule has 0 aromatic heterocycles. The smallest absolute Gasteiger partial charge is 0.322 e. The third kappa shape index (κ3) is 4.99. The van der Waals surface area contributed by atoms with Crippen molar-refractivity contribution in [2.75, 3.05) is 13.7 Å². The number of nitrogens with one attached hydrogen (secondary N) is 1. The van der Waals surface area contributed by atoms with Gasteiger partial charge in [0.2, 0.25) is 0 Å². The first-order valence-corrected chi connectivity index (χ1v) is 14.7. The number of ketones is 2. The number of amides is 1. The Bertz CT molecular complexity index is 1900. The largest absolute Gasteiger partial charge is 0.506 e. The Labute approximate surface area is 271 Å². The van der Waals surface area contributed by atoms with Crippen LogP contribution in [-0.4, -0.2) is 104 Å². The van der Waals surface area contributed by atoms with Crippen molar-refractivity contribution in [3.05, 3.63) is 74.8 Å². The maximum absolute atomic E-state index is 13.8. The first-order valence-electron chi connectivity index (χ1n) is 14.7. The van der Waals surface area contributed by atoms with Crippen LogP contribution in [0.15, 0.2) is 30.3 Å². The van der Waals surface area contributed by atoms with Crippen molar-refractivity contribution >= 4 is 23.4 Å². The number of aliphatic carboxylic acids is 1. The van der Waals surface area contributed by atoms with E-state index in [1.54, 1.807) is 0 Å². The van der Waals surface area contributed by atoms with E-state index >= 15 is 0 Å². The van der Waals surface area contributed by atoms with E-state index in [1.807, 2.05) is 0 Å². The molecule has 2 unspecified atom stereocenters. The van der Waals surface area contributed by atoms with Crippen LogP contribution in [0.5, 0.6) is 17.2 Å². The van der Waals surface area contributed by atoms with Crippen LogP contribution in [0, 0.1) is 6.92 Å². The van der Waals surface area contributed by atoms with Crippen molar-refractivity contribution in [1.82, 2.24) is 5.32 Å². The van der Waals surface area contributed by atoms with Crippen LogP contribution >= 0.6 is 0 Å². The molecule has 15 nitrogen and oxygen atoms in total. The van der Waals surface area contributed by atoms with Crippen LogP contribution in [0.2, 0.25) is 0 Å². The number of methoxy groups -OCH3 is 1. The van der Waals surface area contributed by atoms with Crippen molar-refractivity contribution in [3.8, 4) is 28.4 Å². The predicted molar refractivity (Wildman–Crippen MR) is 161 cm³/mol. The number of rotatable bonds is 6. The van der Waals surface area contributed by atoms with Gasteiger partial charge >= 0.3 is 5.97 Å². The van der Waals surface area contributed by atoms with Gasteiger partial charge in [-0.05, 0) is 54.8 Å².